The van der Waals surface area contributed by atoms with Crippen LogP contribution < -0.4 is 11.3 Å². The number of hydrazine groups is 1. The topological polar surface area (TPSA) is 56.5 Å². The molecule has 2 aliphatic rings. The van der Waals surface area contributed by atoms with Crippen molar-refractivity contribution in [1.29, 1.82) is 0 Å². The van der Waals surface area contributed by atoms with Crippen LogP contribution in [0.3, 0.4) is 0 Å². The Balaban J connectivity index is 2.13. The van der Waals surface area contributed by atoms with Crippen LogP contribution in [0.5, 0.6) is 0 Å². The van der Waals surface area contributed by atoms with Crippen LogP contribution in [0.4, 0.5) is 0 Å². The SMILES string of the molecule is CC1CCC(C(NN)C2CC(C)(C)OC2(C)C)O1. The fraction of sp³-hybridized carbons (Fsp3) is 1.00. The minimum absolute atomic E-state index is 0.0759. The highest BCUT2D eigenvalue weighted by Gasteiger charge is 2.51. The second kappa shape index (κ2) is 4.75. The molecule has 2 heterocycles. The summed E-state index contributed by atoms with van der Waals surface area (Å²) in [6, 6.07) is 0.173. The molecule has 0 amide bonds. The molecule has 4 nitrogen and oxygen atoms in total. The number of hydrogen-bond acceptors (Lipinski definition) is 4. The Labute approximate surface area is 111 Å². The summed E-state index contributed by atoms with van der Waals surface area (Å²) in [5.41, 5.74) is 2.76. The fourth-order valence-electron chi connectivity index (χ4n) is 3.74. The van der Waals surface area contributed by atoms with Gasteiger partial charge in [-0.3, -0.25) is 11.3 Å². The normalized spacial score (nSPS) is 40.0. The molecule has 2 rings (SSSR count). The second-order valence-electron chi connectivity index (χ2n) is 7.03. The van der Waals surface area contributed by atoms with Gasteiger partial charge in [-0.2, -0.15) is 0 Å². The van der Waals surface area contributed by atoms with Crippen molar-refractivity contribution in [3.05, 3.63) is 0 Å². The molecule has 2 saturated heterocycles. The van der Waals surface area contributed by atoms with E-state index in [1.54, 1.807) is 0 Å². The van der Waals surface area contributed by atoms with Crippen molar-refractivity contribution in [2.75, 3.05) is 0 Å². The summed E-state index contributed by atoms with van der Waals surface area (Å²) < 4.78 is 12.2. The van der Waals surface area contributed by atoms with Crippen LogP contribution in [0, 0.1) is 5.92 Å². The highest BCUT2D eigenvalue weighted by Crippen LogP contribution is 2.45. The van der Waals surface area contributed by atoms with Gasteiger partial charge in [-0.25, -0.2) is 0 Å². The van der Waals surface area contributed by atoms with Gasteiger partial charge in [-0.05, 0) is 53.9 Å². The summed E-state index contributed by atoms with van der Waals surface area (Å²) in [5.74, 6) is 6.18. The maximum absolute atomic E-state index is 6.17. The molecule has 0 aliphatic carbocycles. The molecule has 0 bridgehead atoms. The zero-order valence-electron chi connectivity index (χ0n) is 12.3. The molecule has 106 valence electrons. The number of ether oxygens (including phenoxy) is 2. The Kier molecular flexibility index (Phi) is 3.76. The van der Waals surface area contributed by atoms with E-state index in [1.807, 2.05) is 0 Å². The largest absolute Gasteiger partial charge is 0.374 e. The Morgan fingerprint density at radius 2 is 1.89 bits per heavy atom. The van der Waals surface area contributed by atoms with Gasteiger partial charge in [-0.1, -0.05) is 0 Å². The van der Waals surface area contributed by atoms with E-state index in [4.69, 9.17) is 15.3 Å². The molecule has 4 unspecified atom stereocenters. The molecule has 4 atom stereocenters. The van der Waals surface area contributed by atoms with Crippen LogP contribution >= 0.6 is 0 Å². The van der Waals surface area contributed by atoms with Crippen molar-refractivity contribution in [3.8, 4) is 0 Å². The molecule has 0 saturated carbocycles. The third-order valence-corrected chi connectivity index (χ3v) is 4.44. The summed E-state index contributed by atoms with van der Waals surface area (Å²) in [7, 11) is 0. The molecule has 2 fully saturated rings. The number of nitrogens with one attached hydrogen (secondary N) is 1. The van der Waals surface area contributed by atoms with E-state index in [1.165, 1.54) is 0 Å². The molecule has 0 radical (unpaired) electrons. The lowest BCUT2D eigenvalue weighted by atomic mass is 9.79. The Morgan fingerprint density at radius 1 is 1.22 bits per heavy atom. The van der Waals surface area contributed by atoms with Crippen molar-refractivity contribution in [1.82, 2.24) is 5.43 Å². The molecule has 3 N–H and O–H groups in total. The van der Waals surface area contributed by atoms with E-state index in [-0.39, 0.29) is 23.3 Å². The molecule has 0 aromatic rings. The lowest BCUT2D eigenvalue weighted by Crippen LogP contribution is -2.53. The standard InChI is InChI=1S/C14H28N2O2/c1-9-6-7-11(17-9)12(16-15)10-8-13(2,3)18-14(10,4)5/h9-12,16H,6-8,15H2,1-5H3. The minimum atomic E-state index is -0.157. The second-order valence-corrected chi connectivity index (χ2v) is 7.03. The van der Waals surface area contributed by atoms with Gasteiger partial charge in [0.15, 0.2) is 0 Å². The number of rotatable bonds is 3. The average Bonchev–Trinajstić information content (AvgIpc) is 2.70. The van der Waals surface area contributed by atoms with E-state index >= 15 is 0 Å². The van der Waals surface area contributed by atoms with Crippen LogP contribution in [0.15, 0.2) is 0 Å². The van der Waals surface area contributed by atoms with Crippen LogP contribution in [0.1, 0.15) is 53.9 Å². The van der Waals surface area contributed by atoms with E-state index < -0.39 is 0 Å². The van der Waals surface area contributed by atoms with Crippen LogP contribution in [0.2, 0.25) is 0 Å². The Bertz CT molecular complexity index is 304. The van der Waals surface area contributed by atoms with Gasteiger partial charge in [-0.15, -0.1) is 0 Å². The van der Waals surface area contributed by atoms with Gasteiger partial charge in [0, 0.05) is 5.92 Å². The quantitative estimate of drug-likeness (QED) is 0.599. The lowest BCUT2D eigenvalue weighted by molar-refractivity contribution is -0.0853. The summed E-state index contributed by atoms with van der Waals surface area (Å²) >= 11 is 0. The first-order valence-electron chi connectivity index (χ1n) is 7.07. The predicted octanol–water partition coefficient (Wildman–Crippen LogP) is 1.98. The third kappa shape index (κ3) is 2.72. The van der Waals surface area contributed by atoms with Gasteiger partial charge in [0.2, 0.25) is 0 Å². The average molecular weight is 256 g/mol. The zero-order chi connectivity index (χ0) is 13.6. The first kappa shape index (κ1) is 14.3. The van der Waals surface area contributed by atoms with E-state index in [0.717, 1.165) is 19.3 Å². The number of nitrogens with two attached hydrogens (primary N) is 1. The monoisotopic (exact) mass is 256 g/mol. The van der Waals surface area contributed by atoms with Crippen molar-refractivity contribution in [2.45, 2.75) is 83.3 Å². The minimum Gasteiger partial charge on any atom is -0.374 e. The van der Waals surface area contributed by atoms with Gasteiger partial charge >= 0.3 is 0 Å². The van der Waals surface area contributed by atoms with Crippen LogP contribution in [-0.4, -0.2) is 29.5 Å². The lowest BCUT2D eigenvalue weighted by Gasteiger charge is -2.35. The van der Waals surface area contributed by atoms with Gasteiger partial charge in [0.25, 0.3) is 0 Å². The van der Waals surface area contributed by atoms with Crippen molar-refractivity contribution < 1.29 is 9.47 Å². The molecule has 0 spiro atoms. The van der Waals surface area contributed by atoms with Crippen molar-refractivity contribution in [2.24, 2.45) is 11.8 Å². The van der Waals surface area contributed by atoms with Crippen molar-refractivity contribution >= 4 is 0 Å². The first-order chi connectivity index (χ1) is 8.25. The summed E-state index contributed by atoms with van der Waals surface area (Å²) in [6.45, 7) is 10.8. The first-order valence-corrected chi connectivity index (χ1v) is 7.07. The zero-order valence-corrected chi connectivity index (χ0v) is 12.3. The highest BCUT2D eigenvalue weighted by molar-refractivity contribution is 5.02. The molecule has 18 heavy (non-hydrogen) atoms. The predicted molar refractivity (Wildman–Crippen MR) is 72.0 cm³/mol. The van der Waals surface area contributed by atoms with Gasteiger partial charge < -0.3 is 9.47 Å². The molecule has 0 aromatic carbocycles. The fourth-order valence-corrected chi connectivity index (χ4v) is 3.74. The summed E-state index contributed by atoms with van der Waals surface area (Å²) in [5, 5.41) is 0. The Hall–Kier alpha value is -0.160. The van der Waals surface area contributed by atoms with Crippen LogP contribution in [0.25, 0.3) is 0 Å². The molecular formula is C14H28N2O2. The third-order valence-electron chi connectivity index (χ3n) is 4.44. The van der Waals surface area contributed by atoms with E-state index in [9.17, 15) is 0 Å². The Morgan fingerprint density at radius 3 is 2.28 bits per heavy atom. The van der Waals surface area contributed by atoms with E-state index in [2.05, 4.69) is 40.0 Å². The number of hydrogen-bond donors (Lipinski definition) is 2. The maximum atomic E-state index is 6.17. The molecular weight excluding hydrogens is 228 g/mol. The van der Waals surface area contributed by atoms with E-state index in [0.29, 0.717) is 12.0 Å². The molecule has 0 aromatic heterocycles. The molecule has 4 heteroatoms. The maximum Gasteiger partial charge on any atom is 0.0749 e. The van der Waals surface area contributed by atoms with Gasteiger partial charge in [0.1, 0.15) is 0 Å². The highest BCUT2D eigenvalue weighted by atomic mass is 16.5. The van der Waals surface area contributed by atoms with Crippen molar-refractivity contribution in [3.63, 3.8) is 0 Å². The smallest absolute Gasteiger partial charge is 0.0749 e. The summed E-state index contributed by atoms with van der Waals surface area (Å²) in [4.78, 5) is 0. The van der Waals surface area contributed by atoms with Crippen LogP contribution in [-0.2, 0) is 9.47 Å². The molecule has 2 aliphatic heterocycles. The summed E-state index contributed by atoms with van der Waals surface area (Å²) in [6.07, 6.45) is 3.79. The van der Waals surface area contributed by atoms with Gasteiger partial charge in [0.05, 0.1) is 29.5 Å².